The first kappa shape index (κ1) is 21.1. The molecule has 1 amide bonds. The number of rotatable bonds is 4. The lowest BCUT2D eigenvalue weighted by molar-refractivity contribution is 0.0600. The maximum Gasteiger partial charge on any atom is 0.410 e. The minimum Gasteiger partial charge on any atom is -0.465 e. The Bertz CT molecular complexity index is 1150. The van der Waals surface area contributed by atoms with E-state index in [0.29, 0.717) is 12.1 Å². The van der Waals surface area contributed by atoms with Crippen LogP contribution < -0.4 is 5.32 Å². The predicted octanol–water partition coefficient (Wildman–Crippen LogP) is 5.34. The van der Waals surface area contributed by atoms with E-state index >= 15 is 0 Å². The number of esters is 1. The standard InChI is InChI=1S/C27H26N2O4/c1-32-26(30)20-12-13-23-22(16-20)25-21(24(28-23)19-10-6-3-7-11-19)14-15-29(25)27(31)33-17-18-8-4-2-5-9-18/h2-13,16,21,24-25,28H,14-15,17H2,1H3/t21-,24?,25-/m0/s1. The third-order valence-corrected chi connectivity index (χ3v) is 6.57. The third-order valence-electron chi connectivity index (χ3n) is 6.57. The largest absolute Gasteiger partial charge is 0.465 e. The number of methoxy groups -OCH3 is 1. The number of benzene rings is 3. The molecule has 3 aromatic rings. The predicted molar refractivity (Wildman–Crippen MR) is 125 cm³/mol. The van der Waals surface area contributed by atoms with Crippen molar-refractivity contribution in [3.63, 3.8) is 0 Å². The summed E-state index contributed by atoms with van der Waals surface area (Å²) in [6.45, 7) is 0.818. The molecule has 2 heterocycles. The molecule has 0 aromatic heterocycles. The highest BCUT2D eigenvalue weighted by Gasteiger charge is 2.47. The van der Waals surface area contributed by atoms with Gasteiger partial charge in [-0.15, -0.1) is 0 Å². The summed E-state index contributed by atoms with van der Waals surface area (Å²) in [5.41, 5.74) is 4.43. The zero-order chi connectivity index (χ0) is 22.8. The summed E-state index contributed by atoms with van der Waals surface area (Å²) in [6.07, 6.45) is 0.494. The number of carbonyl (C=O) groups is 2. The first-order valence-corrected chi connectivity index (χ1v) is 11.2. The van der Waals surface area contributed by atoms with E-state index in [2.05, 4.69) is 17.4 Å². The van der Waals surface area contributed by atoms with Crippen LogP contribution in [0.5, 0.6) is 0 Å². The van der Waals surface area contributed by atoms with Gasteiger partial charge in [0.25, 0.3) is 0 Å². The number of ether oxygens (including phenoxy) is 2. The zero-order valence-corrected chi connectivity index (χ0v) is 18.4. The van der Waals surface area contributed by atoms with E-state index in [1.807, 2.05) is 65.6 Å². The SMILES string of the molecule is COC(=O)c1ccc2c(c1)[C@@H]1[C@@H](CCN1C(=O)OCc1ccccc1)C(c1ccccc1)N2. The second kappa shape index (κ2) is 8.98. The molecule has 1 unspecified atom stereocenters. The molecule has 2 aliphatic rings. The normalized spacial score (nSPS) is 20.9. The highest BCUT2D eigenvalue weighted by atomic mass is 16.6. The van der Waals surface area contributed by atoms with E-state index in [-0.39, 0.29) is 30.7 Å². The van der Waals surface area contributed by atoms with Crippen LogP contribution in [-0.2, 0) is 16.1 Å². The summed E-state index contributed by atoms with van der Waals surface area (Å²) in [4.78, 5) is 27.2. The van der Waals surface area contributed by atoms with E-state index in [0.717, 1.165) is 23.2 Å². The van der Waals surface area contributed by atoms with Crippen LogP contribution >= 0.6 is 0 Å². The molecule has 168 valence electrons. The van der Waals surface area contributed by atoms with Gasteiger partial charge in [-0.1, -0.05) is 60.7 Å². The van der Waals surface area contributed by atoms with Gasteiger partial charge in [0.05, 0.1) is 24.8 Å². The molecule has 5 rings (SSSR count). The van der Waals surface area contributed by atoms with Crippen molar-refractivity contribution in [3.05, 3.63) is 101 Å². The van der Waals surface area contributed by atoms with Crippen molar-refractivity contribution in [1.82, 2.24) is 4.90 Å². The lowest BCUT2D eigenvalue weighted by Gasteiger charge is -2.39. The minimum atomic E-state index is -0.393. The lowest BCUT2D eigenvalue weighted by atomic mass is 9.79. The molecule has 0 saturated carbocycles. The fourth-order valence-electron chi connectivity index (χ4n) is 5.02. The van der Waals surface area contributed by atoms with Crippen LogP contribution in [-0.4, -0.2) is 30.6 Å². The summed E-state index contributed by atoms with van der Waals surface area (Å²) >= 11 is 0. The third kappa shape index (κ3) is 4.04. The average molecular weight is 443 g/mol. The molecule has 0 radical (unpaired) electrons. The fraction of sp³-hybridized carbons (Fsp3) is 0.259. The number of nitrogens with zero attached hydrogens (tertiary/aromatic N) is 1. The molecule has 6 nitrogen and oxygen atoms in total. The smallest absolute Gasteiger partial charge is 0.410 e. The molecule has 1 N–H and O–H groups in total. The maximum atomic E-state index is 13.2. The number of anilines is 1. The van der Waals surface area contributed by atoms with Crippen LogP contribution in [0, 0.1) is 5.92 Å². The van der Waals surface area contributed by atoms with Crippen molar-refractivity contribution in [2.24, 2.45) is 5.92 Å². The van der Waals surface area contributed by atoms with Gasteiger partial charge in [-0.25, -0.2) is 9.59 Å². The molecule has 6 heteroatoms. The molecular formula is C27H26N2O4. The topological polar surface area (TPSA) is 67.9 Å². The molecule has 0 spiro atoms. The van der Waals surface area contributed by atoms with Gasteiger partial charge in [-0.3, -0.25) is 0 Å². The van der Waals surface area contributed by atoms with Crippen LogP contribution in [0.15, 0.2) is 78.9 Å². The number of hydrogen-bond acceptors (Lipinski definition) is 5. The summed E-state index contributed by atoms with van der Waals surface area (Å²) < 4.78 is 10.6. The van der Waals surface area contributed by atoms with Crippen molar-refractivity contribution in [2.75, 3.05) is 19.0 Å². The summed E-state index contributed by atoms with van der Waals surface area (Å²) in [5.74, 6) is -0.243. The number of likely N-dealkylation sites (tertiary alicyclic amines) is 1. The summed E-state index contributed by atoms with van der Waals surface area (Å²) in [7, 11) is 1.37. The number of fused-ring (bicyclic) bond motifs is 3. The van der Waals surface area contributed by atoms with Crippen LogP contribution in [0.3, 0.4) is 0 Å². The highest BCUT2D eigenvalue weighted by molar-refractivity contribution is 5.90. The van der Waals surface area contributed by atoms with E-state index < -0.39 is 5.97 Å². The van der Waals surface area contributed by atoms with Gasteiger partial charge in [-0.2, -0.15) is 0 Å². The van der Waals surface area contributed by atoms with Gasteiger partial charge in [0, 0.05) is 18.2 Å². The Morgan fingerprint density at radius 1 is 1.00 bits per heavy atom. The average Bonchev–Trinajstić information content (AvgIpc) is 3.33. The maximum absolute atomic E-state index is 13.2. The van der Waals surface area contributed by atoms with Crippen LogP contribution in [0.1, 0.15) is 45.6 Å². The minimum absolute atomic E-state index is 0.0552. The Morgan fingerprint density at radius 2 is 1.73 bits per heavy atom. The van der Waals surface area contributed by atoms with Crippen molar-refractivity contribution in [1.29, 1.82) is 0 Å². The fourth-order valence-corrected chi connectivity index (χ4v) is 5.02. The molecule has 1 fully saturated rings. The number of nitrogens with one attached hydrogen (secondary N) is 1. The Hall–Kier alpha value is -3.80. The molecule has 0 bridgehead atoms. The van der Waals surface area contributed by atoms with Crippen molar-refractivity contribution in [3.8, 4) is 0 Å². The molecule has 33 heavy (non-hydrogen) atoms. The van der Waals surface area contributed by atoms with Crippen LogP contribution in [0.4, 0.5) is 10.5 Å². The molecule has 1 saturated heterocycles. The van der Waals surface area contributed by atoms with E-state index in [9.17, 15) is 9.59 Å². The number of hydrogen-bond donors (Lipinski definition) is 1. The number of carbonyl (C=O) groups excluding carboxylic acids is 2. The summed E-state index contributed by atoms with van der Waals surface area (Å²) in [6, 6.07) is 25.3. The molecular weight excluding hydrogens is 416 g/mol. The van der Waals surface area contributed by atoms with Gasteiger partial charge in [0.2, 0.25) is 0 Å². The highest BCUT2D eigenvalue weighted by Crippen LogP contribution is 2.51. The van der Waals surface area contributed by atoms with Gasteiger partial charge in [0.1, 0.15) is 6.61 Å². The molecule has 2 aliphatic heterocycles. The Morgan fingerprint density at radius 3 is 2.45 bits per heavy atom. The Labute approximate surface area is 193 Å². The van der Waals surface area contributed by atoms with Gasteiger partial charge < -0.3 is 19.7 Å². The van der Waals surface area contributed by atoms with E-state index in [4.69, 9.17) is 9.47 Å². The lowest BCUT2D eigenvalue weighted by Crippen LogP contribution is -2.38. The Balaban J connectivity index is 1.48. The van der Waals surface area contributed by atoms with Gasteiger partial charge in [0.15, 0.2) is 0 Å². The van der Waals surface area contributed by atoms with Gasteiger partial charge in [-0.05, 0) is 41.3 Å². The molecule has 3 aromatic carbocycles. The van der Waals surface area contributed by atoms with Crippen molar-refractivity contribution >= 4 is 17.7 Å². The van der Waals surface area contributed by atoms with Crippen molar-refractivity contribution < 1.29 is 19.1 Å². The monoisotopic (exact) mass is 442 g/mol. The van der Waals surface area contributed by atoms with E-state index in [1.165, 1.54) is 12.7 Å². The van der Waals surface area contributed by atoms with E-state index in [1.54, 1.807) is 6.07 Å². The first-order valence-electron chi connectivity index (χ1n) is 11.2. The zero-order valence-electron chi connectivity index (χ0n) is 18.4. The van der Waals surface area contributed by atoms with Crippen LogP contribution in [0.2, 0.25) is 0 Å². The second-order valence-electron chi connectivity index (χ2n) is 8.46. The van der Waals surface area contributed by atoms with Crippen LogP contribution in [0.25, 0.3) is 0 Å². The Kier molecular flexibility index (Phi) is 5.73. The van der Waals surface area contributed by atoms with Gasteiger partial charge >= 0.3 is 12.1 Å². The number of amides is 1. The van der Waals surface area contributed by atoms with Crippen molar-refractivity contribution in [2.45, 2.75) is 25.1 Å². The molecule has 0 aliphatic carbocycles. The summed E-state index contributed by atoms with van der Waals surface area (Å²) in [5, 5.41) is 3.66. The quantitative estimate of drug-likeness (QED) is 0.553. The molecule has 3 atom stereocenters. The second-order valence-corrected chi connectivity index (χ2v) is 8.46. The first-order chi connectivity index (χ1) is 16.2.